The monoisotopic (exact) mass is 558 g/mol. The summed E-state index contributed by atoms with van der Waals surface area (Å²) in [4.78, 5) is 12.6. The summed E-state index contributed by atoms with van der Waals surface area (Å²) < 4.78 is 13.0. The molecule has 208 valence electrons. The van der Waals surface area contributed by atoms with Crippen molar-refractivity contribution in [2.75, 3.05) is 7.11 Å². The summed E-state index contributed by atoms with van der Waals surface area (Å²) in [5, 5.41) is 0. The Morgan fingerprint density at radius 2 is 1.85 bits per heavy atom. The summed E-state index contributed by atoms with van der Waals surface area (Å²) in [6.07, 6.45) is 12.7. The molecule has 6 rings (SSSR count). The van der Waals surface area contributed by atoms with E-state index in [9.17, 15) is 4.79 Å². The number of allylic oxidation sites excluding steroid dienone is 4. The van der Waals surface area contributed by atoms with E-state index in [1.54, 1.807) is 7.11 Å². The first kappa shape index (κ1) is 27.3. The second-order valence-electron chi connectivity index (χ2n) is 15.3. The number of methoxy groups -OCH3 is 1. The van der Waals surface area contributed by atoms with Crippen LogP contribution in [0.2, 0.25) is 39.3 Å². The molecule has 7 atom stereocenters. The van der Waals surface area contributed by atoms with Crippen LogP contribution in [0.5, 0.6) is 5.75 Å². The van der Waals surface area contributed by atoms with Gasteiger partial charge in [-0.25, -0.2) is 0 Å². The molecule has 39 heavy (non-hydrogen) atoms. The van der Waals surface area contributed by atoms with E-state index in [1.807, 2.05) is 12.2 Å². The van der Waals surface area contributed by atoms with E-state index in [-0.39, 0.29) is 22.2 Å². The quantitative estimate of drug-likeness (QED) is 0.282. The lowest BCUT2D eigenvalue weighted by Gasteiger charge is -2.64. The molecule has 0 amide bonds. The van der Waals surface area contributed by atoms with Gasteiger partial charge in [-0.3, -0.25) is 4.79 Å². The van der Waals surface area contributed by atoms with Gasteiger partial charge in [0, 0.05) is 10.8 Å². The molecule has 1 aromatic carbocycles. The highest BCUT2D eigenvalue weighted by atomic mass is 28.4. The zero-order valence-electron chi connectivity index (χ0n) is 25.2. The summed E-state index contributed by atoms with van der Waals surface area (Å²) in [6.45, 7) is 16.6. The maximum atomic E-state index is 12.6. The molecule has 0 aliphatic heterocycles. The van der Waals surface area contributed by atoms with Gasteiger partial charge in [-0.1, -0.05) is 50.2 Å². The lowest BCUT2D eigenvalue weighted by molar-refractivity contribution is -0.112. The number of carbonyl (C=O) groups is 1. The lowest BCUT2D eigenvalue weighted by atomic mass is 9.40. The molecule has 2 unspecified atom stereocenters. The Kier molecular flexibility index (Phi) is 6.17. The van der Waals surface area contributed by atoms with Crippen LogP contribution in [0.1, 0.15) is 56.1 Å². The van der Waals surface area contributed by atoms with Crippen molar-refractivity contribution in [3.8, 4) is 17.2 Å². The molecule has 5 heteroatoms. The first-order chi connectivity index (χ1) is 18.2. The van der Waals surface area contributed by atoms with Crippen LogP contribution in [0.4, 0.5) is 0 Å². The molecule has 0 saturated heterocycles. The predicted molar refractivity (Wildman–Crippen MR) is 164 cm³/mol. The molecule has 3 nitrogen and oxygen atoms in total. The number of benzene rings is 1. The fourth-order valence-corrected chi connectivity index (χ4v) is 11.5. The Labute approximate surface area is 238 Å². The Morgan fingerprint density at radius 3 is 2.54 bits per heavy atom. The van der Waals surface area contributed by atoms with Crippen molar-refractivity contribution in [2.45, 2.75) is 96.2 Å². The van der Waals surface area contributed by atoms with Gasteiger partial charge in [0.05, 0.1) is 7.11 Å². The number of carbonyl (C=O) groups excluding carboxylic acids is 1. The Balaban J connectivity index is 1.55. The molecule has 1 spiro atoms. The first-order valence-electron chi connectivity index (χ1n) is 15.1. The summed E-state index contributed by atoms with van der Waals surface area (Å²) in [5.74, 6) is 7.17. The van der Waals surface area contributed by atoms with Crippen LogP contribution in [0.15, 0.2) is 42.0 Å². The molecule has 3 fully saturated rings. The molecule has 5 aliphatic carbocycles. The summed E-state index contributed by atoms with van der Waals surface area (Å²) in [7, 11) is -1.69. The van der Waals surface area contributed by atoms with Gasteiger partial charge in [-0.2, -0.15) is 0 Å². The van der Waals surface area contributed by atoms with Crippen LogP contribution in [-0.2, 0) is 15.6 Å². The topological polar surface area (TPSA) is 35.5 Å². The lowest BCUT2D eigenvalue weighted by Crippen LogP contribution is -2.60. The van der Waals surface area contributed by atoms with E-state index in [2.05, 4.69) is 81.9 Å². The van der Waals surface area contributed by atoms with Crippen LogP contribution < -0.4 is 4.74 Å². The van der Waals surface area contributed by atoms with Gasteiger partial charge in [-0.15, -0.1) is 5.54 Å². The maximum absolute atomic E-state index is 12.6. The molecule has 0 radical (unpaired) electrons. The third-order valence-corrected chi connectivity index (χ3v) is 12.6. The predicted octanol–water partition coefficient (Wildman–Crippen LogP) is 7.70. The summed E-state index contributed by atoms with van der Waals surface area (Å²) in [5.41, 5.74) is 7.63. The zero-order valence-corrected chi connectivity index (χ0v) is 27.2. The average Bonchev–Trinajstić information content (AvgIpc) is 3.12. The van der Waals surface area contributed by atoms with Crippen LogP contribution in [0, 0.1) is 40.0 Å². The molecule has 0 heterocycles. The van der Waals surface area contributed by atoms with E-state index in [0.29, 0.717) is 23.7 Å². The largest absolute Gasteiger partial charge is 0.497 e. The molecule has 1 aromatic rings. The maximum Gasteiger partial charge on any atom is 0.185 e. The fraction of sp³-hybridized carbons (Fsp3) is 0.618. The van der Waals surface area contributed by atoms with Crippen molar-refractivity contribution < 1.29 is 14.0 Å². The Bertz CT molecular complexity index is 1330. The van der Waals surface area contributed by atoms with E-state index in [0.717, 1.165) is 31.4 Å². The minimum atomic E-state index is -1.87. The van der Waals surface area contributed by atoms with Crippen LogP contribution in [0.25, 0.3) is 0 Å². The number of ketones is 1. The Morgan fingerprint density at radius 1 is 1.08 bits per heavy atom. The molecule has 5 aliphatic rings. The molecule has 3 saturated carbocycles. The summed E-state index contributed by atoms with van der Waals surface area (Å²) in [6, 6.07) is 6.78. The number of ether oxygens (including phenoxy) is 1. The minimum Gasteiger partial charge on any atom is -0.497 e. The number of hydrogen-bond donors (Lipinski definition) is 0. The van der Waals surface area contributed by atoms with Gasteiger partial charge >= 0.3 is 0 Å². The number of fused-ring (bicyclic) bond motifs is 4. The molecule has 0 bridgehead atoms. The van der Waals surface area contributed by atoms with Crippen molar-refractivity contribution in [1.82, 2.24) is 0 Å². The summed E-state index contributed by atoms with van der Waals surface area (Å²) >= 11 is 0. The van der Waals surface area contributed by atoms with Crippen LogP contribution in [0.3, 0.4) is 0 Å². The van der Waals surface area contributed by atoms with Crippen LogP contribution >= 0.6 is 0 Å². The number of hydrogen-bond acceptors (Lipinski definition) is 3. The van der Waals surface area contributed by atoms with Crippen molar-refractivity contribution >= 4 is 22.2 Å². The van der Waals surface area contributed by atoms with Gasteiger partial charge in [0.2, 0.25) is 0 Å². The van der Waals surface area contributed by atoms with Crippen molar-refractivity contribution in [3.05, 3.63) is 53.1 Å². The fourth-order valence-electron chi connectivity index (χ4n) is 9.51. The second-order valence-corrected chi connectivity index (χ2v) is 24.5. The number of rotatable bonds is 3. The highest BCUT2D eigenvalue weighted by Crippen LogP contribution is 2.73. The van der Waals surface area contributed by atoms with E-state index >= 15 is 0 Å². The van der Waals surface area contributed by atoms with E-state index < -0.39 is 16.4 Å². The zero-order chi connectivity index (χ0) is 28.0. The standard InChI is InChI=1S/C34H46O3Si2/c1-32-22-29-27-12-10-26(36-2)19-23(27)21-33-15-13-25(35)20-24(33)9-11-28(31(29)33)30(32)14-16-34(32,37-39(6,7)8)17-18-38(3,4)5/h10,12-13,15,19-20,28-31H,9,11,14,16,21-22H2,1-8H3/t28-,29?,30-,31?,32-,33+,34+/m0/s1. The van der Waals surface area contributed by atoms with Gasteiger partial charge in [0.15, 0.2) is 14.1 Å². The van der Waals surface area contributed by atoms with Gasteiger partial charge in [0.1, 0.15) is 19.4 Å². The molecular formula is C34H46O3Si2. The highest BCUT2D eigenvalue weighted by Gasteiger charge is 2.69. The average molecular weight is 559 g/mol. The van der Waals surface area contributed by atoms with Crippen molar-refractivity contribution in [3.63, 3.8) is 0 Å². The van der Waals surface area contributed by atoms with Gasteiger partial charge in [-0.05, 0) is 117 Å². The normalized spacial score (nSPS) is 38.5. The van der Waals surface area contributed by atoms with Crippen molar-refractivity contribution in [2.24, 2.45) is 28.6 Å². The van der Waals surface area contributed by atoms with E-state index in [4.69, 9.17) is 9.16 Å². The third-order valence-electron chi connectivity index (χ3n) is 10.8. The SMILES string of the molecule is COc1ccc2c(c1)C[C@]13C=CC(=O)C=C1CC[C@@H]1C3C2C[C@@]2(C)[C@H]1CC[C@]2(C#C[Si](C)(C)C)O[Si](C)(C)C. The second kappa shape index (κ2) is 8.81. The molecule has 0 N–H and O–H groups in total. The minimum absolute atomic E-state index is 0.00307. The van der Waals surface area contributed by atoms with Crippen molar-refractivity contribution in [1.29, 1.82) is 0 Å². The van der Waals surface area contributed by atoms with E-state index in [1.165, 1.54) is 29.5 Å². The molecule has 0 aromatic heterocycles. The molecular weight excluding hydrogens is 513 g/mol. The van der Waals surface area contributed by atoms with Crippen LogP contribution in [-0.4, -0.2) is 34.9 Å². The first-order valence-corrected chi connectivity index (χ1v) is 22.0. The highest BCUT2D eigenvalue weighted by molar-refractivity contribution is 6.83. The third kappa shape index (κ3) is 4.20. The smallest absolute Gasteiger partial charge is 0.185 e. The Hall–Kier alpha value is -1.88. The van der Waals surface area contributed by atoms with Gasteiger partial charge < -0.3 is 9.16 Å². The van der Waals surface area contributed by atoms with Gasteiger partial charge in [0.25, 0.3) is 0 Å².